The van der Waals surface area contributed by atoms with Crippen molar-refractivity contribution in [3.05, 3.63) is 29.3 Å². The molecule has 0 aromatic heterocycles. The van der Waals surface area contributed by atoms with Gasteiger partial charge in [0.25, 0.3) is 0 Å². The Morgan fingerprint density at radius 1 is 1.53 bits per heavy atom. The van der Waals surface area contributed by atoms with E-state index in [0.29, 0.717) is 18.1 Å². The molecule has 0 N–H and O–H groups in total. The van der Waals surface area contributed by atoms with Gasteiger partial charge in [0.15, 0.2) is 0 Å². The second-order valence-corrected chi connectivity index (χ2v) is 4.75. The topological polar surface area (TPSA) is 29.5 Å². The molecule has 1 aromatic rings. The van der Waals surface area contributed by atoms with Crippen LogP contribution in [0.15, 0.2) is 18.2 Å². The van der Waals surface area contributed by atoms with Gasteiger partial charge in [-0.2, -0.15) is 0 Å². The smallest absolute Gasteiger partial charge is 0.338 e. The molecule has 1 heterocycles. The van der Waals surface area contributed by atoms with Crippen LogP contribution < -0.4 is 4.90 Å². The van der Waals surface area contributed by atoms with Crippen LogP contribution in [0.25, 0.3) is 0 Å². The van der Waals surface area contributed by atoms with Gasteiger partial charge in [-0.05, 0) is 43.0 Å². The Morgan fingerprint density at radius 2 is 2.29 bits per heavy atom. The summed E-state index contributed by atoms with van der Waals surface area (Å²) in [5, 5.41) is 0. The van der Waals surface area contributed by atoms with E-state index in [1.807, 2.05) is 25.1 Å². The van der Waals surface area contributed by atoms with Gasteiger partial charge in [-0.25, -0.2) is 4.79 Å². The number of rotatable bonds is 2. The number of fused-ring (bicyclic) bond motifs is 1. The van der Waals surface area contributed by atoms with E-state index in [1.165, 1.54) is 11.3 Å². The molecule has 3 nitrogen and oxygen atoms in total. The van der Waals surface area contributed by atoms with Crippen LogP contribution in [0.5, 0.6) is 0 Å². The van der Waals surface area contributed by atoms with Crippen molar-refractivity contribution in [2.24, 2.45) is 5.92 Å². The Hall–Kier alpha value is -1.51. The minimum Gasteiger partial charge on any atom is -0.462 e. The van der Waals surface area contributed by atoms with Crippen molar-refractivity contribution in [1.82, 2.24) is 0 Å². The van der Waals surface area contributed by atoms with Crippen molar-refractivity contribution in [1.29, 1.82) is 0 Å². The SMILES string of the molecule is CCOC(=O)c1ccc2c(c1)CC(C)CN2C. The zero-order valence-electron chi connectivity index (χ0n) is 10.7. The first-order valence-corrected chi connectivity index (χ1v) is 6.13. The summed E-state index contributed by atoms with van der Waals surface area (Å²) in [6.45, 7) is 5.56. The number of carbonyl (C=O) groups is 1. The lowest BCUT2D eigenvalue weighted by Gasteiger charge is -2.31. The fourth-order valence-corrected chi connectivity index (χ4v) is 2.47. The molecule has 0 amide bonds. The minimum atomic E-state index is -0.226. The van der Waals surface area contributed by atoms with Gasteiger partial charge in [-0.15, -0.1) is 0 Å². The van der Waals surface area contributed by atoms with E-state index in [1.54, 1.807) is 0 Å². The van der Waals surface area contributed by atoms with Crippen LogP contribution in [-0.4, -0.2) is 26.2 Å². The van der Waals surface area contributed by atoms with Crippen molar-refractivity contribution in [2.75, 3.05) is 25.1 Å². The summed E-state index contributed by atoms with van der Waals surface area (Å²) < 4.78 is 5.02. The average molecular weight is 233 g/mol. The normalized spacial score (nSPS) is 18.8. The van der Waals surface area contributed by atoms with Gasteiger partial charge in [0.2, 0.25) is 0 Å². The zero-order chi connectivity index (χ0) is 12.4. The van der Waals surface area contributed by atoms with Crippen LogP contribution in [0.2, 0.25) is 0 Å². The van der Waals surface area contributed by atoms with Crippen molar-refractivity contribution >= 4 is 11.7 Å². The van der Waals surface area contributed by atoms with E-state index < -0.39 is 0 Å². The summed E-state index contributed by atoms with van der Waals surface area (Å²) >= 11 is 0. The summed E-state index contributed by atoms with van der Waals surface area (Å²) in [5.74, 6) is 0.404. The van der Waals surface area contributed by atoms with Crippen LogP contribution in [-0.2, 0) is 11.2 Å². The second-order valence-electron chi connectivity index (χ2n) is 4.75. The number of ether oxygens (including phenoxy) is 1. The van der Waals surface area contributed by atoms with Gasteiger partial charge >= 0.3 is 5.97 Å². The monoisotopic (exact) mass is 233 g/mol. The fourth-order valence-electron chi connectivity index (χ4n) is 2.47. The summed E-state index contributed by atoms with van der Waals surface area (Å²) in [5.41, 5.74) is 3.14. The standard InChI is InChI=1S/C14H19NO2/c1-4-17-14(16)11-5-6-13-12(8-11)7-10(2)9-15(13)3/h5-6,8,10H,4,7,9H2,1-3H3. The molecular formula is C14H19NO2. The number of carbonyl (C=O) groups excluding carboxylic acids is 1. The number of esters is 1. The van der Waals surface area contributed by atoms with E-state index >= 15 is 0 Å². The average Bonchev–Trinajstić information content (AvgIpc) is 2.28. The number of nitrogens with zero attached hydrogens (tertiary/aromatic N) is 1. The van der Waals surface area contributed by atoms with Crippen molar-refractivity contribution < 1.29 is 9.53 Å². The second kappa shape index (κ2) is 4.78. The highest BCUT2D eigenvalue weighted by atomic mass is 16.5. The Labute approximate surface area is 102 Å². The maximum Gasteiger partial charge on any atom is 0.338 e. The van der Waals surface area contributed by atoms with Crippen molar-refractivity contribution in [3.8, 4) is 0 Å². The summed E-state index contributed by atoms with van der Waals surface area (Å²) in [6.07, 6.45) is 1.03. The Kier molecular flexibility index (Phi) is 3.36. The first-order chi connectivity index (χ1) is 8.11. The van der Waals surface area contributed by atoms with Crippen LogP contribution in [0.3, 0.4) is 0 Å². The third-order valence-electron chi connectivity index (χ3n) is 3.16. The maximum atomic E-state index is 11.7. The van der Waals surface area contributed by atoms with Crippen LogP contribution in [0, 0.1) is 5.92 Å². The number of hydrogen-bond acceptors (Lipinski definition) is 3. The lowest BCUT2D eigenvalue weighted by Crippen LogP contribution is -2.30. The summed E-state index contributed by atoms with van der Waals surface area (Å²) in [6, 6.07) is 5.84. The molecule has 1 atom stereocenters. The predicted molar refractivity (Wildman–Crippen MR) is 68.5 cm³/mol. The lowest BCUT2D eigenvalue weighted by atomic mass is 9.93. The van der Waals surface area contributed by atoms with Crippen molar-refractivity contribution in [3.63, 3.8) is 0 Å². The quantitative estimate of drug-likeness (QED) is 0.735. The molecule has 1 aliphatic rings. The molecule has 0 saturated heterocycles. The molecular weight excluding hydrogens is 214 g/mol. The molecule has 0 radical (unpaired) electrons. The zero-order valence-corrected chi connectivity index (χ0v) is 10.7. The van der Waals surface area contributed by atoms with Gasteiger partial charge in [0, 0.05) is 19.3 Å². The highest BCUT2D eigenvalue weighted by Gasteiger charge is 2.20. The molecule has 0 fully saturated rings. The molecule has 1 aliphatic heterocycles. The molecule has 0 saturated carbocycles. The molecule has 0 aliphatic carbocycles. The number of hydrogen-bond donors (Lipinski definition) is 0. The molecule has 1 aromatic carbocycles. The van der Waals surface area contributed by atoms with Gasteiger partial charge in [0.1, 0.15) is 0 Å². The molecule has 3 heteroatoms. The van der Waals surface area contributed by atoms with Gasteiger partial charge < -0.3 is 9.64 Å². The first kappa shape index (κ1) is 12.0. The van der Waals surface area contributed by atoms with Crippen LogP contribution >= 0.6 is 0 Å². The predicted octanol–water partition coefficient (Wildman–Crippen LogP) is 2.49. The third-order valence-corrected chi connectivity index (χ3v) is 3.16. The molecule has 0 bridgehead atoms. The molecule has 17 heavy (non-hydrogen) atoms. The molecule has 92 valence electrons. The largest absolute Gasteiger partial charge is 0.462 e. The number of anilines is 1. The van der Waals surface area contributed by atoms with Gasteiger partial charge in [-0.3, -0.25) is 0 Å². The Morgan fingerprint density at radius 3 is 3.00 bits per heavy atom. The highest BCUT2D eigenvalue weighted by Crippen LogP contribution is 2.29. The van der Waals surface area contributed by atoms with E-state index in [-0.39, 0.29) is 5.97 Å². The highest BCUT2D eigenvalue weighted by molar-refractivity contribution is 5.90. The Balaban J connectivity index is 2.30. The molecule has 0 spiro atoms. The van der Waals surface area contributed by atoms with Crippen molar-refractivity contribution in [2.45, 2.75) is 20.3 Å². The third kappa shape index (κ3) is 2.43. The maximum absolute atomic E-state index is 11.7. The molecule has 2 rings (SSSR count). The van der Waals surface area contributed by atoms with Gasteiger partial charge in [-0.1, -0.05) is 6.92 Å². The number of benzene rings is 1. The lowest BCUT2D eigenvalue weighted by molar-refractivity contribution is 0.0526. The fraction of sp³-hybridized carbons (Fsp3) is 0.500. The van der Waals surface area contributed by atoms with E-state index in [4.69, 9.17) is 4.74 Å². The first-order valence-electron chi connectivity index (χ1n) is 6.13. The summed E-state index contributed by atoms with van der Waals surface area (Å²) in [7, 11) is 2.10. The van der Waals surface area contributed by atoms with Crippen LogP contribution in [0.4, 0.5) is 5.69 Å². The minimum absolute atomic E-state index is 0.226. The van der Waals surface area contributed by atoms with E-state index in [2.05, 4.69) is 18.9 Å². The summed E-state index contributed by atoms with van der Waals surface area (Å²) in [4.78, 5) is 13.9. The van der Waals surface area contributed by atoms with E-state index in [0.717, 1.165) is 13.0 Å². The van der Waals surface area contributed by atoms with Crippen LogP contribution in [0.1, 0.15) is 29.8 Å². The van der Waals surface area contributed by atoms with Gasteiger partial charge in [0.05, 0.1) is 12.2 Å². The Bertz CT molecular complexity index is 428. The molecule has 1 unspecified atom stereocenters. The van der Waals surface area contributed by atoms with E-state index in [9.17, 15) is 4.79 Å².